The van der Waals surface area contributed by atoms with E-state index in [1.165, 1.54) is 23.5 Å². The van der Waals surface area contributed by atoms with Gasteiger partial charge in [-0.05, 0) is 31.0 Å². The van der Waals surface area contributed by atoms with Crippen LogP contribution in [0.2, 0.25) is 0 Å². The fourth-order valence-electron chi connectivity index (χ4n) is 2.50. The average Bonchev–Trinajstić information content (AvgIpc) is 2.91. The molecule has 0 saturated heterocycles. The summed E-state index contributed by atoms with van der Waals surface area (Å²) in [4.78, 5) is 0.222. The van der Waals surface area contributed by atoms with E-state index in [2.05, 4.69) is 0 Å². The Morgan fingerprint density at radius 3 is 2.47 bits per heavy atom. The predicted octanol–water partition coefficient (Wildman–Crippen LogP) is 1.84. The number of benzene rings is 1. The van der Waals surface area contributed by atoms with E-state index in [0.29, 0.717) is 11.4 Å². The molecular weight excluding hydrogens is 264 g/mol. The number of nitrogens with zero attached hydrogens (tertiary/aromatic N) is 1. The second-order valence-electron chi connectivity index (χ2n) is 4.86. The van der Waals surface area contributed by atoms with Crippen molar-refractivity contribution in [2.45, 2.75) is 36.6 Å². The van der Waals surface area contributed by atoms with Gasteiger partial charge in [-0.2, -0.15) is 4.31 Å². The van der Waals surface area contributed by atoms with E-state index in [-0.39, 0.29) is 10.9 Å². The van der Waals surface area contributed by atoms with Crippen LogP contribution in [0.1, 0.15) is 25.7 Å². The molecule has 0 bridgehead atoms. The first-order valence-corrected chi connectivity index (χ1v) is 7.82. The van der Waals surface area contributed by atoms with Crippen LogP contribution < -0.4 is 10.5 Å². The molecule has 2 rings (SSSR count). The summed E-state index contributed by atoms with van der Waals surface area (Å²) in [6, 6.07) is 4.69. The Kier molecular flexibility index (Phi) is 4.01. The summed E-state index contributed by atoms with van der Waals surface area (Å²) in [5.41, 5.74) is 6.11. The van der Waals surface area contributed by atoms with E-state index < -0.39 is 10.0 Å². The Bertz CT molecular complexity index is 551. The normalized spacial score (nSPS) is 17.0. The number of anilines is 1. The number of methoxy groups -OCH3 is 1. The average molecular weight is 284 g/mol. The van der Waals surface area contributed by atoms with Crippen LogP contribution >= 0.6 is 0 Å². The van der Waals surface area contributed by atoms with Gasteiger partial charge in [0.05, 0.1) is 17.7 Å². The van der Waals surface area contributed by atoms with Crippen molar-refractivity contribution < 1.29 is 13.2 Å². The largest absolute Gasteiger partial charge is 0.495 e. The van der Waals surface area contributed by atoms with Gasteiger partial charge in [0.25, 0.3) is 0 Å². The molecule has 1 fully saturated rings. The minimum absolute atomic E-state index is 0.105. The van der Waals surface area contributed by atoms with Gasteiger partial charge in [0, 0.05) is 13.1 Å². The Morgan fingerprint density at radius 2 is 1.95 bits per heavy atom. The number of rotatable bonds is 4. The third-order valence-corrected chi connectivity index (χ3v) is 5.62. The van der Waals surface area contributed by atoms with Crippen LogP contribution in [0.3, 0.4) is 0 Å². The first kappa shape index (κ1) is 14.1. The van der Waals surface area contributed by atoms with Crippen molar-refractivity contribution in [1.82, 2.24) is 4.31 Å². The number of ether oxygens (including phenoxy) is 1. The van der Waals surface area contributed by atoms with Gasteiger partial charge in [-0.3, -0.25) is 0 Å². The molecule has 5 nitrogen and oxygen atoms in total. The number of hydrogen-bond donors (Lipinski definition) is 1. The van der Waals surface area contributed by atoms with Gasteiger partial charge in [0.2, 0.25) is 10.0 Å². The molecule has 0 aliphatic heterocycles. The molecule has 0 heterocycles. The lowest BCUT2D eigenvalue weighted by atomic mass is 10.3. The molecule has 1 aromatic carbocycles. The van der Waals surface area contributed by atoms with Crippen LogP contribution in [0.15, 0.2) is 23.1 Å². The summed E-state index contributed by atoms with van der Waals surface area (Å²) >= 11 is 0. The van der Waals surface area contributed by atoms with E-state index in [4.69, 9.17) is 10.5 Å². The molecule has 1 aliphatic carbocycles. The first-order chi connectivity index (χ1) is 8.96. The highest BCUT2D eigenvalue weighted by molar-refractivity contribution is 7.89. The maximum atomic E-state index is 12.5. The molecule has 1 aliphatic rings. The third-order valence-electron chi connectivity index (χ3n) is 3.72. The van der Waals surface area contributed by atoms with Gasteiger partial charge >= 0.3 is 0 Å². The van der Waals surface area contributed by atoms with Gasteiger partial charge < -0.3 is 10.5 Å². The molecular formula is C13H20N2O3S. The molecule has 0 atom stereocenters. The number of nitrogens with two attached hydrogens (primary N) is 1. The third kappa shape index (κ3) is 2.69. The zero-order valence-electron chi connectivity index (χ0n) is 11.3. The maximum absolute atomic E-state index is 12.5. The highest BCUT2D eigenvalue weighted by Crippen LogP contribution is 2.30. The molecule has 6 heteroatoms. The quantitative estimate of drug-likeness (QED) is 0.856. The molecule has 1 aromatic rings. The van der Waals surface area contributed by atoms with Crippen molar-refractivity contribution in [3.63, 3.8) is 0 Å². The lowest BCUT2D eigenvalue weighted by Crippen LogP contribution is -2.35. The summed E-state index contributed by atoms with van der Waals surface area (Å²) in [6.45, 7) is 0. The van der Waals surface area contributed by atoms with Crippen molar-refractivity contribution in [3.05, 3.63) is 18.2 Å². The topological polar surface area (TPSA) is 72.6 Å². The smallest absolute Gasteiger partial charge is 0.243 e. The summed E-state index contributed by atoms with van der Waals surface area (Å²) in [5.74, 6) is 0.488. The van der Waals surface area contributed by atoms with Crippen LogP contribution in [0, 0.1) is 0 Å². The zero-order chi connectivity index (χ0) is 14.0. The predicted molar refractivity (Wildman–Crippen MR) is 74.6 cm³/mol. The second kappa shape index (κ2) is 5.38. The van der Waals surface area contributed by atoms with Gasteiger partial charge in [0.15, 0.2) is 0 Å². The van der Waals surface area contributed by atoms with E-state index in [1.54, 1.807) is 13.1 Å². The standard InChI is InChI=1S/C13H20N2O3S/c1-15(10-5-3-4-6-10)19(16,17)11-7-8-13(18-2)12(14)9-11/h7-10H,3-6,14H2,1-2H3. The Morgan fingerprint density at radius 1 is 1.32 bits per heavy atom. The summed E-state index contributed by atoms with van der Waals surface area (Å²) in [6.07, 6.45) is 4.05. The molecule has 0 radical (unpaired) electrons. The number of sulfonamides is 1. The monoisotopic (exact) mass is 284 g/mol. The van der Waals surface area contributed by atoms with E-state index in [0.717, 1.165) is 25.7 Å². The van der Waals surface area contributed by atoms with E-state index >= 15 is 0 Å². The highest BCUT2D eigenvalue weighted by atomic mass is 32.2. The van der Waals surface area contributed by atoms with E-state index in [9.17, 15) is 8.42 Å². The molecule has 2 N–H and O–H groups in total. The zero-order valence-corrected chi connectivity index (χ0v) is 12.1. The van der Waals surface area contributed by atoms with Crippen LogP contribution in [0.4, 0.5) is 5.69 Å². The van der Waals surface area contributed by atoms with Crippen molar-refractivity contribution in [1.29, 1.82) is 0 Å². The molecule has 0 aromatic heterocycles. The van der Waals surface area contributed by atoms with Crippen LogP contribution in [-0.4, -0.2) is 32.9 Å². The minimum Gasteiger partial charge on any atom is -0.495 e. The molecule has 0 amide bonds. The first-order valence-electron chi connectivity index (χ1n) is 6.38. The Labute approximate surface area is 114 Å². The molecule has 19 heavy (non-hydrogen) atoms. The van der Waals surface area contributed by atoms with Crippen LogP contribution in [0.25, 0.3) is 0 Å². The van der Waals surface area contributed by atoms with Crippen LogP contribution in [0.5, 0.6) is 5.75 Å². The van der Waals surface area contributed by atoms with Gasteiger partial charge in [-0.25, -0.2) is 8.42 Å². The summed E-state index contributed by atoms with van der Waals surface area (Å²) < 4.78 is 31.5. The van der Waals surface area contributed by atoms with Gasteiger partial charge in [0.1, 0.15) is 5.75 Å². The molecule has 0 spiro atoms. The Hall–Kier alpha value is -1.27. The lowest BCUT2D eigenvalue weighted by Gasteiger charge is -2.23. The van der Waals surface area contributed by atoms with Crippen molar-refractivity contribution in [2.75, 3.05) is 19.9 Å². The Balaban J connectivity index is 2.30. The molecule has 1 saturated carbocycles. The lowest BCUT2D eigenvalue weighted by molar-refractivity contribution is 0.373. The SMILES string of the molecule is COc1ccc(S(=O)(=O)N(C)C2CCCC2)cc1N. The highest BCUT2D eigenvalue weighted by Gasteiger charge is 2.30. The van der Waals surface area contributed by atoms with Gasteiger partial charge in [-0.15, -0.1) is 0 Å². The van der Waals surface area contributed by atoms with Crippen molar-refractivity contribution in [2.24, 2.45) is 0 Å². The fourth-order valence-corrected chi connectivity index (χ4v) is 3.96. The van der Waals surface area contributed by atoms with Crippen molar-refractivity contribution in [3.8, 4) is 5.75 Å². The molecule has 106 valence electrons. The fraction of sp³-hybridized carbons (Fsp3) is 0.538. The van der Waals surface area contributed by atoms with E-state index in [1.807, 2.05) is 0 Å². The second-order valence-corrected chi connectivity index (χ2v) is 6.86. The number of nitrogen functional groups attached to an aromatic ring is 1. The van der Waals surface area contributed by atoms with Crippen molar-refractivity contribution >= 4 is 15.7 Å². The summed E-state index contributed by atoms with van der Waals surface area (Å²) in [5, 5.41) is 0. The summed E-state index contributed by atoms with van der Waals surface area (Å²) in [7, 11) is -0.323. The number of hydrogen-bond acceptors (Lipinski definition) is 4. The maximum Gasteiger partial charge on any atom is 0.243 e. The minimum atomic E-state index is -3.47. The van der Waals surface area contributed by atoms with Gasteiger partial charge in [-0.1, -0.05) is 12.8 Å². The van der Waals surface area contributed by atoms with Crippen LogP contribution in [-0.2, 0) is 10.0 Å². The molecule has 0 unspecified atom stereocenters.